The Morgan fingerprint density at radius 2 is 0.744 bits per heavy atom. The molecule has 0 aromatic carbocycles. The molecule has 1 unspecified atom stereocenters. The summed E-state index contributed by atoms with van der Waals surface area (Å²) in [6.07, 6.45) is 36.6. The van der Waals surface area contributed by atoms with E-state index in [9.17, 15) is 9.59 Å². The summed E-state index contributed by atoms with van der Waals surface area (Å²) in [6.45, 7) is 4.17. The summed E-state index contributed by atoms with van der Waals surface area (Å²) in [7, 11) is 0. The van der Waals surface area contributed by atoms with Crippen LogP contribution in [0, 0.1) is 0 Å². The molecule has 0 aromatic rings. The molecule has 0 saturated heterocycles. The SMILES string of the molecule is CCCCCCCCCCCCCCCCCC(=O)OC(=O)C(O)CO.CCCCCCCCCCCCCCCCO. The molecule has 0 rings (SSSR count). The van der Waals surface area contributed by atoms with Crippen LogP contribution in [0.15, 0.2) is 0 Å². The van der Waals surface area contributed by atoms with Crippen LogP contribution >= 0.6 is 0 Å². The predicted octanol–water partition coefficient (Wildman–Crippen LogP) is 10.1. The lowest BCUT2D eigenvalue weighted by Crippen LogP contribution is -2.28. The van der Waals surface area contributed by atoms with Gasteiger partial charge in [0.1, 0.15) is 0 Å². The third-order valence-electron chi connectivity index (χ3n) is 8.16. The molecule has 0 heterocycles. The van der Waals surface area contributed by atoms with E-state index >= 15 is 0 Å². The van der Waals surface area contributed by atoms with Gasteiger partial charge >= 0.3 is 11.9 Å². The first-order valence-corrected chi connectivity index (χ1v) is 18.7. The minimum atomic E-state index is -1.62. The molecule has 258 valence electrons. The Morgan fingerprint density at radius 3 is 1.02 bits per heavy atom. The summed E-state index contributed by atoms with van der Waals surface area (Å²) in [5.74, 6) is -1.70. The average Bonchev–Trinajstić information content (AvgIpc) is 3.01. The molecular weight excluding hydrogens is 540 g/mol. The molecule has 0 radical (unpaired) electrons. The van der Waals surface area contributed by atoms with Crippen molar-refractivity contribution in [2.75, 3.05) is 13.2 Å². The molecular formula is C37H74O6. The van der Waals surface area contributed by atoms with E-state index in [-0.39, 0.29) is 6.42 Å². The quantitative estimate of drug-likeness (QED) is 0.0396. The van der Waals surface area contributed by atoms with E-state index in [1.807, 2.05) is 0 Å². The van der Waals surface area contributed by atoms with E-state index in [0.29, 0.717) is 13.0 Å². The summed E-state index contributed by atoms with van der Waals surface area (Å²) in [6, 6.07) is 0. The molecule has 6 heteroatoms. The van der Waals surface area contributed by atoms with Gasteiger partial charge in [0.25, 0.3) is 0 Å². The molecule has 1 atom stereocenters. The van der Waals surface area contributed by atoms with Gasteiger partial charge < -0.3 is 20.1 Å². The van der Waals surface area contributed by atoms with Crippen molar-refractivity contribution in [2.45, 2.75) is 213 Å². The molecule has 43 heavy (non-hydrogen) atoms. The van der Waals surface area contributed by atoms with Crippen LogP contribution in [0.4, 0.5) is 0 Å². The van der Waals surface area contributed by atoms with Crippen LogP contribution < -0.4 is 0 Å². The molecule has 0 fully saturated rings. The number of carbonyl (C=O) groups excluding carboxylic acids is 2. The zero-order chi connectivity index (χ0) is 32.1. The fraction of sp³-hybridized carbons (Fsp3) is 0.946. The van der Waals surface area contributed by atoms with Gasteiger partial charge in [0.05, 0.1) is 6.61 Å². The van der Waals surface area contributed by atoms with E-state index < -0.39 is 24.6 Å². The van der Waals surface area contributed by atoms with Gasteiger partial charge in [-0.25, -0.2) is 4.79 Å². The largest absolute Gasteiger partial charge is 0.396 e. The van der Waals surface area contributed by atoms with E-state index in [2.05, 4.69) is 18.6 Å². The molecule has 0 spiro atoms. The van der Waals surface area contributed by atoms with Gasteiger partial charge in [0.2, 0.25) is 0 Å². The summed E-state index contributed by atoms with van der Waals surface area (Å²) in [4.78, 5) is 22.5. The maximum atomic E-state index is 11.4. The monoisotopic (exact) mass is 615 g/mol. The van der Waals surface area contributed by atoms with Crippen LogP contribution in [-0.4, -0.2) is 46.6 Å². The minimum absolute atomic E-state index is 0.183. The third kappa shape index (κ3) is 39.0. The molecule has 0 amide bonds. The fourth-order valence-electron chi connectivity index (χ4n) is 5.25. The number of rotatable bonds is 32. The summed E-state index contributed by atoms with van der Waals surface area (Å²) < 4.78 is 4.43. The van der Waals surface area contributed by atoms with Crippen LogP contribution in [-0.2, 0) is 14.3 Å². The lowest BCUT2D eigenvalue weighted by molar-refractivity contribution is -0.167. The van der Waals surface area contributed by atoms with Crippen LogP contribution in [0.25, 0.3) is 0 Å². The van der Waals surface area contributed by atoms with Crippen LogP contribution in [0.2, 0.25) is 0 Å². The van der Waals surface area contributed by atoms with Crippen molar-refractivity contribution in [2.24, 2.45) is 0 Å². The summed E-state index contributed by atoms with van der Waals surface area (Å²) >= 11 is 0. The standard InChI is InChI=1S/C21H40O5.C16H34O/c1-2-3-4-5-6-7-8-9-10-11-12-13-14-15-16-17-20(24)26-21(25)19(23)18-22;1-2-3-4-5-6-7-8-9-10-11-12-13-14-15-16-17/h19,22-23H,2-18H2,1H3;17H,2-16H2,1H3. The van der Waals surface area contributed by atoms with Crippen molar-refractivity contribution in [3.05, 3.63) is 0 Å². The first-order valence-electron chi connectivity index (χ1n) is 18.7. The van der Waals surface area contributed by atoms with Gasteiger partial charge in [-0.15, -0.1) is 0 Å². The highest BCUT2D eigenvalue weighted by Gasteiger charge is 2.18. The normalized spacial score (nSPS) is 11.7. The Hall–Kier alpha value is -0.980. The van der Waals surface area contributed by atoms with E-state index in [0.717, 1.165) is 19.3 Å². The first kappa shape index (κ1) is 44.1. The lowest BCUT2D eigenvalue weighted by atomic mass is 10.0. The highest BCUT2D eigenvalue weighted by molar-refractivity contribution is 5.87. The van der Waals surface area contributed by atoms with Gasteiger partial charge in [-0.05, 0) is 12.8 Å². The van der Waals surface area contributed by atoms with Gasteiger partial charge in [0.15, 0.2) is 6.10 Å². The number of esters is 2. The summed E-state index contributed by atoms with van der Waals surface area (Å²) in [5, 5.41) is 26.2. The third-order valence-corrected chi connectivity index (χ3v) is 8.16. The Morgan fingerprint density at radius 1 is 0.465 bits per heavy atom. The Labute approximate surface area is 267 Å². The van der Waals surface area contributed by atoms with Crippen molar-refractivity contribution in [3.63, 3.8) is 0 Å². The molecule has 0 aliphatic rings. The van der Waals surface area contributed by atoms with Gasteiger partial charge in [-0.2, -0.15) is 0 Å². The molecule has 0 aliphatic heterocycles. The summed E-state index contributed by atoms with van der Waals surface area (Å²) in [5.41, 5.74) is 0. The number of hydrogen-bond donors (Lipinski definition) is 3. The number of aliphatic hydroxyl groups is 3. The second kappa shape index (κ2) is 39.0. The number of aliphatic hydroxyl groups excluding tert-OH is 3. The Kier molecular flexibility index (Phi) is 40.1. The molecule has 0 aromatic heterocycles. The van der Waals surface area contributed by atoms with E-state index in [1.165, 1.54) is 161 Å². The second-order valence-electron chi connectivity index (χ2n) is 12.5. The van der Waals surface area contributed by atoms with Crippen molar-refractivity contribution in [1.82, 2.24) is 0 Å². The molecule has 0 bridgehead atoms. The van der Waals surface area contributed by atoms with Crippen molar-refractivity contribution < 1.29 is 29.6 Å². The molecule has 0 aliphatic carbocycles. The zero-order valence-electron chi connectivity index (χ0n) is 28.8. The Bertz CT molecular complexity index is 539. The predicted molar refractivity (Wildman–Crippen MR) is 181 cm³/mol. The van der Waals surface area contributed by atoms with E-state index in [1.54, 1.807) is 0 Å². The molecule has 3 N–H and O–H groups in total. The first-order chi connectivity index (χ1) is 21.0. The highest BCUT2D eigenvalue weighted by atomic mass is 16.6. The average molecular weight is 615 g/mol. The number of ether oxygens (including phenoxy) is 1. The van der Waals surface area contributed by atoms with Crippen LogP contribution in [0.5, 0.6) is 0 Å². The topological polar surface area (TPSA) is 104 Å². The maximum absolute atomic E-state index is 11.4. The van der Waals surface area contributed by atoms with Gasteiger partial charge in [-0.1, -0.05) is 187 Å². The molecule has 6 nitrogen and oxygen atoms in total. The second-order valence-corrected chi connectivity index (χ2v) is 12.5. The van der Waals surface area contributed by atoms with Crippen LogP contribution in [0.3, 0.4) is 0 Å². The lowest BCUT2D eigenvalue weighted by Gasteiger charge is -2.06. The smallest absolute Gasteiger partial charge is 0.345 e. The van der Waals surface area contributed by atoms with Crippen molar-refractivity contribution >= 4 is 11.9 Å². The highest BCUT2D eigenvalue weighted by Crippen LogP contribution is 2.15. The minimum Gasteiger partial charge on any atom is -0.396 e. The zero-order valence-corrected chi connectivity index (χ0v) is 28.8. The van der Waals surface area contributed by atoms with Crippen molar-refractivity contribution in [1.29, 1.82) is 0 Å². The van der Waals surface area contributed by atoms with E-state index in [4.69, 9.17) is 15.3 Å². The van der Waals surface area contributed by atoms with Crippen molar-refractivity contribution in [3.8, 4) is 0 Å². The number of carbonyl (C=O) groups is 2. The van der Waals surface area contributed by atoms with Gasteiger partial charge in [0, 0.05) is 13.0 Å². The van der Waals surface area contributed by atoms with Crippen LogP contribution in [0.1, 0.15) is 206 Å². The molecule has 0 saturated carbocycles. The Balaban J connectivity index is 0. The van der Waals surface area contributed by atoms with Gasteiger partial charge in [-0.3, -0.25) is 4.79 Å². The maximum Gasteiger partial charge on any atom is 0.345 e. The number of hydrogen-bond acceptors (Lipinski definition) is 6. The fourth-order valence-corrected chi connectivity index (χ4v) is 5.25. The number of unbranched alkanes of at least 4 members (excludes halogenated alkanes) is 27.